The Labute approximate surface area is 80.5 Å². The van der Waals surface area contributed by atoms with Crippen molar-refractivity contribution in [2.75, 3.05) is 0 Å². The summed E-state index contributed by atoms with van der Waals surface area (Å²) >= 11 is 0. The molecule has 0 aromatic rings. The van der Waals surface area contributed by atoms with E-state index in [1.807, 2.05) is 0 Å². The number of carbonyl (C=O) groups is 2. The minimum Gasteiger partial charge on any atom is -0.367 e. The van der Waals surface area contributed by atoms with Gasteiger partial charge in [0, 0.05) is 5.92 Å². The first kappa shape index (κ1) is 12.3. The van der Waals surface area contributed by atoms with E-state index in [9.17, 15) is 9.59 Å². The van der Waals surface area contributed by atoms with E-state index < -0.39 is 24.0 Å². The first-order chi connectivity index (χ1) is 6.43. The molecule has 0 heterocycles. The number of carbonyl (C=O) groups excluding carboxylic acids is 2. The quantitative estimate of drug-likeness (QED) is 0.302. The summed E-state index contributed by atoms with van der Waals surface area (Å²) in [5.74, 6) is -2.33. The van der Waals surface area contributed by atoms with E-state index in [-0.39, 0.29) is 0 Å². The van der Waals surface area contributed by atoms with Gasteiger partial charge in [0.05, 0.1) is 0 Å². The van der Waals surface area contributed by atoms with Crippen molar-refractivity contribution < 1.29 is 19.8 Å². The van der Waals surface area contributed by atoms with Gasteiger partial charge in [-0.25, -0.2) is 0 Å². The van der Waals surface area contributed by atoms with E-state index in [2.05, 4.69) is 0 Å². The number of rotatable bonds is 5. The monoisotopic (exact) mass is 200 g/mol. The Hall–Kier alpha value is -1.66. The number of hydrogen-bond donors (Lipinski definition) is 4. The molecule has 0 aromatic heterocycles. The SMILES string of the molecule is NC(=O)C=CC(C=CC(N)=O)C(O)O. The number of aliphatic hydroxyl groups excluding tert-OH is 1. The van der Waals surface area contributed by atoms with Crippen LogP contribution in [-0.2, 0) is 9.59 Å². The number of nitrogens with two attached hydrogens (primary N) is 2. The molecular weight excluding hydrogens is 188 g/mol. The van der Waals surface area contributed by atoms with Gasteiger partial charge in [-0.3, -0.25) is 9.59 Å². The van der Waals surface area contributed by atoms with Crippen LogP contribution in [-0.4, -0.2) is 28.3 Å². The fraction of sp³-hybridized carbons (Fsp3) is 0.250. The molecule has 0 atom stereocenters. The molecule has 78 valence electrons. The van der Waals surface area contributed by atoms with Crippen LogP contribution in [0.15, 0.2) is 24.3 Å². The third-order valence-corrected chi connectivity index (χ3v) is 1.31. The van der Waals surface area contributed by atoms with E-state index in [4.69, 9.17) is 21.7 Å². The highest BCUT2D eigenvalue weighted by Gasteiger charge is 2.09. The number of primary amides is 2. The maximum absolute atomic E-state index is 10.3. The van der Waals surface area contributed by atoms with E-state index in [0.29, 0.717) is 0 Å². The van der Waals surface area contributed by atoms with Crippen LogP contribution in [0.25, 0.3) is 0 Å². The molecule has 0 spiro atoms. The maximum Gasteiger partial charge on any atom is 0.241 e. The molecule has 0 saturated heterocycles. The lowest BCUT2D eigenvalue weighted by molar-refractivity contribution is -0.114. The van der Waals surface area contributed by atoms with Gasteiger partial charge in [-0.2, -0.15) is 0 Å². The highest BCUT2D eigenvalue weighted by Crippen LogP contribution is 2.05. The summed E-state index contributed by atoms with van der Waals surface area (Å²) in [5, 5.41) is 17.6. The lowest BCUT2D eigenvalue weighted by atomic mass is 10.1. The smallest absolute Gasteiger partial charge is 0.241 e. The molecule has 0 aromatic carbocycles. The molecular formula is C8H12N2O4. The Morgan fingerprint density at radius 3 is 1.57 bits per heavy atom. The average molecular weight is 200 g/mol. The van der Waals surface area contributed by atoms with Crippen LogP contribution >= 0.6 is 0 Å². The van der Waals surface area contributed by atoms with Gasteiger partial charge in [0.15, 0.2) is 6.29 Å². The third-order valence-electron chi connectivity index (χ3n) is 1.31. The summed E-state index contributed by atoms with van der Waals surface area (Å²) in [6.07, 6.45) is 2.53. The summed E-state index contributed by atoms with van der Waals surface area (Å²) in [7, 11) is 0. The second kappa shape index (κ2) is 5.90. The van der Waals surface area contributed by atoms with Crippen LogP contribution in [0.4, 0.5) is 0 Å². The van der Waals surface area contributed by atoms with Gasteiger partial charge in [-0.05, 0) is 12.2 Å². The van der Waals surface area contributed by atoms with Crippen molar-refractivity contribution in [2.24, 2.45) is 17.4 Å². The lowest BCUT2D eigenvalue weighted by Gasteiger charge is -2.08. The molecule has 0 fully saturated rings. The predicted molar refractivity (Wildman–Crippen MR) is 48.4 cm³/mol. The first-order valence-electron chi connectivity index (χ1n) is 3.75. The molecule has 0 aliphatic rings. The van der Waals surface area contributed by atoms with Crippen LogP contribution in [0.2, 0.25) is 0 Å². The van der Waals surface area contributed by atoms with Crippen molar-refractivity contribution in [1.82, 2.24) is 0 Å². The highest BCUT2D eigenvalue weighted by molar-refractivity contribution is 5.86. The number of hydrogen-bond acceptors (Lipinski definition) is 4. The first-order valence-corrected chi connectivity index (χ1v) is 3.75. The van der Waals surface area contributed by atoms with Crippen molar-refractivity contribution in [3.63, 3.8) is 0 Å². The zero-order chi connectivity index (χ0) is 11.1. The van der Waals surface area contributed by atoms with Gasteiger partial charge in [-0.1, -0.05) is 12.2 Å². The molecule has 6 heteroatoms. The number of amides is 2. The fourth-order valence-corrected chi connectivity index (χ4v) is 0.675. The molecule has 0 rings (SSSR count). The molecule has 6 nitrogen and oxygen atoms in total. The lowest BCUT2D eigenvalue weighted by Crippen LogP contribution is -2.17. The molecule has 0 radical (unpaired) electrons. The second-order valence-electron chi connectivity index (χ2n) is 2.51. The van der Waals surface area contributed by atoms with E-state index in [1.165, 1.54) is 0 Å². The van der Waals surface area contributed by atoms with Crippen molar-refractivity contribution in [3.05, 3.63) is 24.3 Å². The van der Waals surface area contributed by atoms with Crippen molar-refractivity contribution >= 4 is 11.8 Å². The fourth-order valence-electron chi connectivity index (χ4n) is 0.675. The Bertz CT molecular complexity index is 247. The van der Waals surface area contributed by atoms with E-state index >= 15 is 0 Å². The van der Waals surface area contributed by atoms with Gasteiger partial charge < -0.3 is 21.7 Å². The molecule has 0 saturated carbocycles. The minimum atomic E-state index is -1.72. The molecule has 0 unspecified atom stereocenters. The van der Waals surface area contributed by atoms with Crippen molar-refractivity contribution in [3.8, 4) is 0 Å². The summed E-state index contributed by atoms with van der Waals surface area (Å²) in [6, 6.07) is 0. The van der Waals surface area contributed by atoms with Crippen LogP contribution in [0.3, 0.4) is 0 Å². The Morgan fingerprint density at radius 1 is 1.00 bits per heavy atom. The third kappa shape index (κ3) is 5.92. The van der Waals surface area contributed by atoms with Crippen LogP contribution in [0, 0.1) is 5.92 Å². The van der Waals surface area contributed by atoms with Crippen molar-refractivity contribution in [2.45, 2.75) is 6.29 Å². The minimum absolute atomic E-state index is 0.719. The summed E-state index contributed by atoms with van der Waals surface area (Å²) < 4.78 is 0. The van der Waals surface area contributed by atoms with Crippen LogP contribution in [0.5, 0.6) is 0 Å². The molecule has 0 aliphatic heterocycles. The summed E-state index contributed by atoms with van der Waals surface area (Å²) in [6.45, 7) is 0. The maximum atomic E-state index is 10.3. The zero-order valence-electron chi connectivity index (χ0n) is 7.33. The molecule has 6 N–H and O–H groups in total. The van der Waals surface area contributed by atoms with E-state index in [1.54, 1.807) is 0 Å². The topological polar surface area (TPSA) is 127 Å². The Kier molecular flexibility index (Phi) is 5.20. The molecule has 2 amide bonds. The molecule has 0 aliphatic carbocycles. The standard InChI is InChI=1S/C8H12N2O4/c9-6(11)3-1-5(8(13)14)2-4-7(10)12/h1-5,8,13-14H,(H2,9,11)(H2,10,12). The van der Waals surface area contributed by atoms with Gasteiger partial charge in [0.25, 0.3) is 0 Å². The van der Waals surface area contributed by atoms with E-state index in [0.717, 1.165) is 24.3 Å². The normalized spacial score (nSPS) is 13.9. The summed E-state index contributed by atoms with van der Waals surface area (Å²) in [4.78, 5) is 20.6. The van der Waals surface area contributed by atoms with Crippen LogP contribution in [0.1, 0.15) is 0 Å². The highest BCUT2D eigenvalue weighted by atomic mass is 16.5. The van der Waals surface area contributed by atoms with Crippen molar-refractivity contribution in [1.29, 1.82) is 0 Å². The van der Waals surface area contributed by atoms with Gasteiger partial charge in [-0.15, -0.1) is 0 Å². The van der Waals surface area contributed by atoms with Gasteiger partial charge in [0.2, 0.25) is 11.8 Å². The predicted octanol–water partition coefficient (Wildman–Crippen LogP) is -2.00. The number of aliphatic hydroxyl groups is 2. The Balaban J connectivity index is 4.45. The molecule has 14 heavy (non-hydrogen) atoms. The van der Waals surface area contributed by atoms with Crippen LogP contribution < -0.4 is 11.5 Å². The Morgan fingerprint density at radius 2 is 1.36 bits per heavy atom. The second-order valence-corrected chi connectivity index (χ2v) is 2.51. The largest absolute Gasteiger partial charge is 0.367 e. The average Bonchev–Trinajstić information content (AvgIpc) is 2.02. The van der Waals surface area contributed by atoms with Gasteiger partial charge >= 0.3 is 0 Å². The zero-order valence-corrected chi connectivity index (χ0v) is 7.33. The molecule has 0 bridgehead atoms. The van der Waals surface area contributed by atoms with Gasteiger partial charge in [0.1, 0.15) is 0 Å². The summed E-state index contributed by atoms with van der Waals surface area (Å²) in [5.41, 5.74) is 9.58.